The lowest BCUT2D eigenvalue weighted by molar-refractivity contribution is -0.135. The molecule has 140 valence electrons. The summed E-state index contributed by atoms with van der Waals surface area (Å²) in [4.78, 5) is 19.4. The van der Waals surface area contributed by atoms with Gasteiger partial charge in [0.1, 0.15) is 0 Å². The van der Waals surface area contributed by atoms with E-state index in [1.807, 2.05) is 6.07 Å². The monoisotopic (exact) mass is 345 g/mol. The van der Waals surface area contributed by atoms with Gasteiger partial charge in [0, 0.05) is 44.7 Å². The standard InChI is InChI=1S/C21H35N3O/c1-18-16-23(17-19(2)24(18)15-14-22(3)4)21(25)13-9-8-12-20-10-6-5-7-11-20/h5-7,10-11,18-19H,8-9,12-17H2,1-4H3. The highest BCUT2D eigenvalue weighted by Crippen LogP contribution is 2.17. The second kappa shape index (κ2) is 9.93. The zero-order valence-electron chi connectivity index (χ0n) is 16.4. The summed E-state index contributed by atoms with van der Waals surface area (Å²) in [6.07, 6.45) is 3.82. The Morgan fingerprint density at radius 1 is 1.08 bits per heavy atom. The zero-order chi connectivity index (χ0) is 18.2. The van der Waals surface area contributed by atoms with E-state index in [1.165, 1.54) is 5.56 Å². The van der Waals surface area contributed by atoms with E-state index in [0.29, 0.717) is 24.4 Å². The van der Waals surface area contributed by atoms with Crippen LogP contribution < -0.4 is 0 Å². The third-order valence-electron chi connectivity index (χ3n) is 5.21. The summed E-state index contributed by atoms with van der Waals surface area (Å²) in [5.74, 6) is 0.332. The van der Waals surface area contributed by atoms with Crippen molar-refractivity contribution in [3.8, 4) is 0 Å². The Morgan fingerprint density at radius 3 is 2.32 bits per heavy atom. The molecular formula is C21H35N3O. The van der Waals surface area contributed by atoms with Gasteiger partial charge in [-0.05, 0) is 52.8 Å². The number of benzene rings is 1. The van der Waals surface area contributed by atoms with Crippen molar-refractivity contribution >= 4 is 5.91 Å². The second-order valence-corrected chi connectivity index (χ2v) is 7.73. The molecule has 0 aromatic heterocycles. The van der Waals surface area contributed by atoms with Gasteiger partial charge >= 0.3 is 0 Å². The van der Waals surface area contributed by atoms with Crippen LogP contribution in [0.4, 0.5) is 0 Å². The summed E-state index contributed by atoms with van der Waals surface area (Å²) in [5, 5.41) is 0. The third-order valence-corrected chi connectivity index (χ3v) is 5.21. The van der Waals surface area contributed by atoms with Gasteiger partial charge < -0.3 is 9.80 Å². The summed E-state index contributed by atoms with van der Waals surface area (Å²) in [6.45, 7) is 8.39. The molecule has 0 spiro atoms. The van der Waals surface area contributed by atoms with Gasteiger partial charge in [0.15, 0.2) is 0 Å². The topological polar surface area (TPSA) is 26.8 Å². The van der Waals surface area contributed by atoms with E-state index in [-0.39, 0.29) is 0 Å². The molecule has 1 heterocycles. The van der Waals surface area contributed by atoms with Crippen molar-refractivity contribution in [1.82, 2.24) is 14.7 Å². The van der Waals surface area contributed by atoms with E-state index in [9.17, 15) is 4.79 Å². The molecule has 2 atom stereocenters. The van der Waals surface area contributed by atoms with Gasteiger partial charge in [0.05, 0.1) is 0 Å². The van der Waals surface area contributed by atoms with Crippen LogP contribution in [0.5, 0.6) is 0 Å². The Hall–Kier alpha value is -1.39. The predicted octanol–water partition coefficient (Wildman–Crippen LogP) is 2.88. The maximum Gasteiger partial charge on any atom is 0.222 e. The normalized spacial score (nSPS) is 21.7. The molecule has 0 aliphatic carbocycles. The van der Waals surface area contributed by atoms with Gasteiger partial charge in [-0.2, -0.15) is 0 Å². The molecule has 25 heavy (non-hydrogen) atoms. The summed E-state index contributed by atoms with van der Waals surface area (Å²) in [5.41, 5.74) is 1.37. The lowest BCUT2D eigenvalue weighted by Crippen LogP contribution is -2.59. The minimum atomic E-state index is 0.332. The fourth-order valence-electron chi connectivity index (χ4n) is 3.72. The summed E-state index contributed by atoms with van der Waals surface area (Å²) in [6, 6.07) is 11.4. The van der Waals surface area contributed by atoms with E-state index in [0.717, 1.165) is 45.4 Å². The molecule has 1 aromatic rings. The number of aryl methyl sites for hydroxylation is 1. The average Bonchev–Trinajstić information content (AvgIpc) is 2.58. The first-order valence-electron chi connectivity index (χ1n) is 9.69. The maximum atomic E-state index is 12.6. The molecular weight excluding hydrogens is 310 g/mol. The number of hydrogen-bond donors (Lipinski definition) is 0. The summed E-state index contributed by atoms with van der Waals surface area (Å²) >= 11 is 0. The lowest BCUT2D eigenvalue weighted by Gasteiger charge is -2.45. The van der Waals surface area contributed by atoms with Crippen molar-refractivity contribution in [3.05, 3.63) is 35.9 Å². The van der Waals surface area contributed by atoms with Crippen LogP contribution in [0.3, 0.4) is 0 Å². The first-order chi connectivity index (χ1) is 12.0. The van der Waals surface area contributed by atoms with Crippen LogP contribution in [0.2, 0.25) is 0 Å². The van der Waals surface area contributed by atoms with Crippen LogP contribution in [0.15, 0.2) is 30.3 Å². The van der Waals surface area contributed by atoms with Crippen molar-refractivity contribution in [2.45, 2.75) is 51.6 Å². The highest BCUT2D eigenvalue weighted by molar-refractivity contribution is 5.76. The van der Waals surface area contributed by atoms with E-state index in [1.54, 1.807) is 0 Å². The average molecular weight is 346 g/mol. The van der Waals surface area contributed by atoms with Crippen LogP contribution in [0.25, 0.3) is 0 Å². The predicted molar refractivity (Wildman–Crippen MR) is 105 cm³/mol. The Morgan fingerprint density at radius 2 is 1.72 bits per heavy atom. The number of rotatable bonds is 8. The second-order valence-electron chi connectivity index (χ2n) is 7.73. The van der Waals surface area contributed by atoms with Crippen LogP contribution in [-0.2, 0) is 11.2 Å². The maximum absolute atomic E-state index is 12.6. The van der Waals surface area contributed by atoms with Crippen molar-refractivity contribution in [2.24, 2.45) is 0 Å². The van der Waals surface area contributed by atoms with Crippen LogP contribution in [0, 0.1) is 0 Å². The summed E-state index contributed by atoms with van der Waals surface area (Å²) in [7, 11) is 4.23. The van der Waals surface area contributed by atoms with Crippen LogP contribution >= 0.6 is 0 Å². The van der Waals surface area contributed by atoms with Gasteiger partial charge in [0.25, 0.3) is 0 Å². The van der Waals surface area contributed by atoms with E-state index in [4.69, 9.17) is 0 Å². The minimum Gasteiger partial charge on any atom is -0.340 e. The highest BCUT2D eigenvalue weighted by atomic mass is 16.2. The number of carbonyl (C=O) groups is 1. The van der Waals surface area contributed by atoms with Crippen molar-refractivity contribution in [2.75, 3.05) is 40.3 Å². The van der Waals surface area contributed by atoms with Gasteiger partial charge in [-0.15, -0.1) is 0 Å². The molecule has 0 N–H and O–H groups in total. The Labute approximate surface area is 153 Å². The van der Waals surface area contributed by atoms with Gasteiger partial charge in [0.2, 0.25) is 5.91 Å². The Kier molecular flexibility index (Phi) is 7.91. The number of carbonyl (C=O) groups excluding carboxylic acids is 1. The molecule has 1 saturated heterocycles. The van der Waals surface area contributed by atoms with Gasteiger partial charge in [-0.3, -0.25) is 9.69 Å². The lowest BCUT2D eigenvalue weighted by atomic mass is 10.0. The van der Waals surface area contributed by atoms with Crippen molar-refractivity contribution in [1.29, 1.82) is 0 Å². The quantitative estimate of drug-likeness (QED) is 0.678. The fourth-order valence-corrected chi connectivity index (χ4v) is 3.72. The van der Waals surface area contributed by atoms with Crippen molar-refractivity contribution < 1.29 is 4.79 Å². The number of piperazine rings is 1. The fraction of sp³-hybridized carbons (Fsp3) is 0.667. The molecule has 2 unspecified atom stereocenters. The molecule has 4 heteroatoms. The van der Waals surface area contributed by atoms with Crippen LogP contribution in [0.1, 0.15) is 38.7 Å². The number of hydrogen-bond acceptors (Lipinski definition) is 3. The molecule has 0 bridgehead atoms. The Balaban J connectivity index is 1.71. The minimum absolute atomic E-state index is 0.332. The number of unbranched alkanes of at least 4 members (excludes halogenated alkanes) is 1. The Bertz CT molecular complexity index is 505. The highest BCUT2D eigenvalue weighted by Gasteiger charge is 2.31. The van der Waals surface area contributed by atoms with Crippen LogP contribution in [-0.4, -0.2) is 73.0 Å². The number of nitrogens with zero attached hydrogens (tertiary/aromatic N) is 3. The SMILES string of the molecule is CC1CN(C(=O)CCCCc2ccccc2)CC(C)N1CCN(C)C. The molecule has 0 radical (unpaired) electrons. The molecule has 1 aliphatic rings. The summed E-state index contributed by atoms with van der Waals surface area (Å²) < 4.78 is 0. The molecule has 1 fully saturated rings. The van der Waals surface area contributed by atoms with Gasteiger partial charge in [-0.25, -0.2) is 0 Å². The number of amides is 1. The first kappa shape index (κ1) is 19.9. The smallest absolute Gasteiger partial charge is 0.222 e. The number of likely N-dealkylation sites (N-methyl/N-ethyl adjacent to an activating group) is 1. The first-order valence-corrected chi connectivity index (χ1v) is 9.69. The molecule has 1 amide bonds. The molecule has 2 rings (SSSR count). The van der Waals surface area contributed by atoms with E-state index >= 15 is 0 Å². The molecule has 0 saturated carbocycles. The zero-order valence-corrected chi connectivity index (χ0v) is 16.4. The van der Waals surface area contributed by atoms with Gasteiger partial charge in [-0.1, -0.05) is 30.3 Å². The van der Waals surface area contributed by atoms with E-state index in [2.05, 4.69) is 66.9 Å². The molecule has 1 aliphatic heterocycles. The largest absolute Gasteiger partial charge is 0.340 e. The molecule has 4 nitrogen and oxygen atoms in total. The third kappa shape index (κ3) is 6.44. The van der Waals surface area contributed by atoms with Crippen molar-refractivity contribution in [3.63, 3.8) is 0 Å². The molecule has 1 aromatic carbocycles. The van der Waals surface area contributed by atoms with E-state index < -0.39 is 0 Å².